The Hall–Kier alpha value is -2.67. The first-order valence-corrected chi connectivity index (χ1v) is 8.91. The topological polar surface area (TPSA) is 80.9 Å². The van der Waals surface area contributed by atoms with Crippen molar-refractivity contribution >= 4 is 23.4 Å². The number of nitrogens with one attached hydrogen (secondary N) is 1. The van der Waals surface area contributed by atoms with Crippen LogP contribution in [0.4, 0.5) is 5.69 Å². The molecule has 1 N–H and O–H groups in total. The number of carbonyl (C=O) groups excluding carboxylic acids is 1. The van der Waals surface area contributed by atoms with Gasteiger partial charge in [-0.3, -0.25) is 4.79 Å². The van der Waals surface area contributed by atoms with Gasteiger partial charge in [0.25, 0.3) is 5.89 Å². The number of nitrogens with zero attached hydrogens (tertiary/aromatic N) is 3. The number of hydrogen-bond donors (Lipinski definition) is 1. The molecular weight excluding hydrogens is 336 g/mol. The zero-order valence-electron chi connectivity index (χ0n) is 14.0. The molecule has 0 aliphatic carbocycles. The molecule has 0 saturated carbocycles. The summed E-state index contributed by atoms with van der Waals surface area (Å²) in [4.78, 5) is 20.6. The van der Waals surface area contributed by atoms with Crippen LogP contribution < -0.4 is 5.32 Å². The maximum Gasteiger partial charge on any atom is 0.258 e. The number of rotatable bonds is 6. The molecule has 3 aromatic rings. The smallest absolute Gasteiger partial charge is 0.258 e. The molecule has 0 atom stereocenters. The molecule has 6 nitrogen and oxygen atoms in total. The summed E-state index contributed by atoms with van der Waals surface area (Å²) in [6.07, 6.45) is 2.64. The fourth-order valence-corrected chi connectivity index (χ4v) is 2.89. The van der Waals surface area contributed by atoms with E-state index < -0.39 is 0 Å². The second kappa shape index (κ2) is 7.94. The first kappa shape index (κ1) is 17.2. The van der Waals surface area contributed by atoms with E-state index >= 15 is 0 Å². The first-order chi connectivity index (χ1) is 12.1. The number of amides is 1. The standard InChI is InChI=1S/C18H18N4O2S/c1-3-13-4-6-15(7-5-13)21-16(23)11-25-17-10-14(8-9-19-17)18-20-12(2)22-24-18/h4-10H,3,11H2,1-2H3,(H,21,23). The molecule has 0 fully saturated rings. The van der Waals surface area contributed by atoms with E-state index in [0.717, 1.165) is 22.7 Å². The van der Waals surface area contributed by atoms with Gasteiger partial charge in [-0.2, -0.15) is 4.98 Å². The number of benzene rings is 1. The van der Waals surface area contributed by atoms with Crippen LogP contribution in [0.25, 0.3) is 11.5 Å². The molecule has 0 aliphatic rings. The summed E-state index contributed by atoms with van der Waals surface area (Å²) in [6.45, 7) is 3.86. The van der Waals surface area contributed by atoms with E-state index in [1.807, 2.05) is 30.3 Å². The maximum absolute atomic E-state index is 12.1. The summed E-state index contributed by atoms with van der Waals surface area (Å²) in [5, 5.41) is 7.39. The van der Waals surface area contributed by atoms with E-state index in [9.17, 15) is 4.79 Å². The molecule has 0 unspecified atom stereocenters. The number of anilines is 1. The lowest BCUT2D eigenvalue weighted by Gasteiger charge is -2.06. The van der Waals surface area contributed by atoms with Crippen molar-refractivity contribution in [1.82, 2.24) is 15.1 Å². The molecule has 0 bridgehead atoms. The minimum absolute atomic E-state index is 0.0740. The fraction of sp³-hybridized carbons (Fsp3) is 0.222. The Balaban J connectivity index is 1.58. The average Bonchev–Trinajstić information content (AvgIpc) is 3.07. The minimum Gasteiger partial charge on any atom is -0.334 e. The maximum atomic E-state index is 12.1. The SMILES string of the molecule is CCc1ccc(NC(=O)CSc2cc(-c3nc(C)no3)ccn2)cc1. The van der Waals surface area contributed by atoms with E-state index in [1.54, 1.807) is 19.2 Å². The summed E-state index contributed by atoms with van der Waals surface area (Å²) in [5.41, 5.74) is 2.82. The van der Waals surface area contributed by atoms with E-state index in [2.05, 4.69) is 27.4 Å². The number of hydrogen-bond acceptors (Lipinski definition) is 6. The Labute approximate surface area is 150 Å². The first-order valence-electron chi connectivity index (χ1n) is 7.92. The van der Waals surface area contributed by atoms with Crippen molar-refractivity contribution in [2.75, 3.05) is 11.1 Å². The lowest BCUT2D eigenvalue weighted by molar-refractivity contribution is -0.113. The van der Waals surface area contributed by atoms with Gasteiger partial charge in [0.1, 0.15) is 0 Å². The number of carbonyl (C=O) groups is 1. The Morgan fingerprint density at radius 1 is 1.24 bits per heavy atom. The number of pyridine rings is 1. The molecule has 0 radical (unpaired) electrons. The second-order valence-corrected chi connectivity index (χ2v) is 6.41. The van der Waals surface area contributed by atoms with Gasteiger partial charge in [0.15, 0.2) is 5.82 Å². The highest BCUT2D eigenvalue weighted by molar-refractivity contribution is 7.99. The van der Waals surface area contributed by atoms with Gasteiger partial charge in [0.05, 0.1) is 10.8 Å². The van der Waals surface area contributed by atoms with Gasteiger partial charge >= 0.3 is 0 Å². The van der Waals surface area contributed by atoms with Gasteiger partial charge in [-0.1, -0.05) is 36.0 Å². The van der Waals surface area contributed by atoms with Gasteiger partial charge in [0.2, 0.25) is 5.91 Å². The molecule has 0 aliphatic heterocycles. The third-order valence-electron chi connectivity index (χ3n) is 3.51. The predicted octanol–water partition coefficient (Wildman–Crippen LogP) is 3.73. The summed E-state index contributed by atoms with van der Waals surface area (Å²) < 4.78 is 5.15. The van der Waals surface area contributed by atoms with Crippen LogP contribution in [0.1, 0.15) is 18.3 Å². The summed E-state index contributed by atoms with van der Waals surface area (Å²) in [5.74, 6) is 1.22. The molecule has 128 valence electrons. The van der Waals surface area contributed by atoms with Crippen molar-refractivity contribution in [2.45, 2.75) is 25.3 Å². The van der Waals surface area contributed by atoms with Crippen molar-refractivity contribution in [3.63, 3.8) is 0 Å². The number of aromatic nitrogens is 3. The third-order valence-corrected chi connectivity index (χ3v) is 4.43. The Morgan fingerprint density at radius 2 is 2.04 bits per heavy atom. The van der Waals surface area contributed by atoms with Crippen LogP contribution in [0.5, 0.6) is 0 Å². The number of thioether (sulfide) groups is 1. The monoisotopic (exact) mass is 354 g/mol. The average molecular weight is 354 g/mol. The lowest BCUT2D eigenvalue weighted by atomic mass is 10.1. The van der Waals surface area contributed by atoms with E-state index in [4.69, 9.17) is 4.52 Å². The van der Waals surface area contributed by atoms with Crippen LogP contribution in [0, 0.1) is 6.92 Å². The lowest BCUT2D eigenvalue weighted by Crippen LogP contribution is -2.14. The Morgan fingerprint density at radius 3 is 2.72 bits per heavy atom. The largest absolute Gasteiger partial charge is 0.334 e. The van der Waals surface area contributed by atoms with Crippen LogP contribution in [-0.4, -0.2) is 26.8 Å². The summed E-state index contributed by atoms with van der Waals surface area (Å²) in [7, 11) is 0. The Bertz CT molecular complexity index is 862. The molecule has 1 aromatic carbocycles. The molecule has 0 saturated heterocycles. The minimum atomic E-state index is -0.0740. The van der Waals surface area contributed by atoms with Crippen molar-refractivity contribution in [2.24, 2.45) is 0 Å². The second-order valence-electron chi connectivity index (χ2n) is 5.42. The van der Waals surface area contributed by atoms with Crippen LogP contribution in [0.3, 0.4) is 0 Å². The molecule has 2 aromatic heterocycles. The van der Waals surface area contributed by atoms with Crippen LogP contribution in [0.15, 0.2) is 52.1 Å². The van der Waals surface area contributed by atoms with Crippen LogP contribution in [-0.2, 0) is 11.2 Å². The molecule has 0 spiro atoms. The normalized spacial score (nSPS) is 10.6. The zero-order valence-corrected chi connectivity index (χ0v) is 14.8. The van der Waals surface area contributed by atoms with Crippen LogP contribution >= 0.6 is 11.8 Å². The van der Waals surface area contributed by atoms with E-state index in [0.29, 0.717) is 11.7 Å². The predicted molar refractivity (Wildman–Crippen MR) is 97.4 cm³/mol. The Kier molecular flexibility index (Phi) is 5.45. The summed E-state index contributed by atoms with van der Waals surface area (Å²) in [6, 6.07) is 11.5. The van der Waals surface area contributed by atoms with E-state index in [1.165, 1.54) is 17.3 Å². The molecule has 3 rings (SSSR count). The number of aryl methyl sites for hydroxylation is 2. The molecule has 7 heteroatoms. The fourth-order valence-electron chi connectivity index (χ4n) is 2.20. The van der Waals surface area contributed by atoms with Crippen molar-refractivity contribution in [3.8, 4) is 11.5 Å². The van der Waals surface area contributed by atoms with Crippen LogP contribution in [0.2, 0.25) is 0 Å². The van der Waals surface area contributed by atoms with Crippen molar-refractivity contribution in [1.29, 1.82) is 0 Å². The van der Waals surface area contributed by atoms with Gasteiger partial charge in [-0.05, 0) is 43.2 Å². The summed E-state index contributed by atoms with van der Waals surface area (Å²) >= 11 is 1.36. The molecule has 1 amide bonds. The molecule has 2 heterocycles. The quantitative estimate of drug-likeness (QED) is 0.679. The van der Waals surface area contributed by atoms with Gasteiger partial charge in [-0.15, -0.1) is 0 Å². The zero-order chi connectivity index (χ0) is 17.6. The van der Waals surface area contributed by atoms with Gasteiger partial charge < -0.3 is 9.84 Å². The highest BCUT2D eigenvalue weighted by Crippen LogP contribution is 2.23. The van der Waals surface area contributed by atoms with Gasteiger partial charge in [0, 0.05) is 17.4 Å². The molecular formula is C18H18N4O2S. The van der Waals surface area contributed by atoms with Crippen molar-refractivity contribution in [3.05, 3.63) is 54.0 Å². The van der Waals surface area contributed by atoms with E-state index in [-0.39, 0.29) is 11.7 Å². The molecule has 25 heavy (non-hydrogen) atoms. The van der Waals surface area contributed by atoms with Gasteiger partial charge in [-0.25, -0.2) is 4.98 Å². The third kappa shape index (κ3) is 4.67. The highest BCUT2D eigenvalue weighted by atomic mass is 32.2. The highest BCUT2D eigenvalue weighted by Gasteiger charge is 2.09. The van der Waals surface area contributed by atoms with Crippen molar-refractivity contribution < 1.29 is 9.32 Å².